The van der Waals surface area contributed by atoms with Gasteiger partial charge < -0.3 is 0 Å². The van der Waals surface area contributed by atoms with Gasteiger partial charge in [-0.3, -0.25) is 4.79 Å². The molecular formula is C19H28O. The number of rotatable bonds is 6. The molecule has 0 saturated carbocycles. The highest BCUT2D eigenvalue weighted by atomic mass is 16.1. The lowest BCUT2D eigenvalue weighted by Crippen LogP contribution is -2.05. The van der Waals surface area contributed by atoms with E-state index in [-0.39, 0.29) is 0 Å². The van der Waals surface area contributed by atoms with E-state index in [1.54, 1.807) is 0 Å². The number of aryl methyl sites for hydroxylation is 3. The molecule has 20 heavy (non-hydrogen) atoms. The molecular weight excluding hydrogens is 244 g/mol. The molecule has 0 N–H and O–H groups in total. The highest BCUT2D eigenvalue weighted by Gasteiger charge is 2.17. The molecule has 0 radical (unpaired) electrons. The van der Waals surface area contributed by atoms with E-state index in [2.05, 4.69) is 26.0 Å². The summed E-state index contributed by atoms with van der Waals surface area (Å²) in [6, 6.07) is 4.60. The zero-order valence-electron chi connectivity index (χ0n) is 13.1. The number of benzene rings is 1. The summed E-state index contributed by atoms with van der Waals surface area (Å²) in [4.78, 5) is 12.3. The van der Waals surface area contributed by atoms with Crippen molar-refractivity contribution in [3.8, 4) is 0 Å². The number of hydrogen-bond donors (Lipinski definition) is 0. The molecule has 0 heterocycles. The number of ketones is 1. The van der Waals surface area contributed by atoms with Crippen LogP contribution in [0.3, 0.4) is 0 Å². The Morgan fingerprint density at radius 3 is 2.15 bits per heavy atom. The van der Waals surface area contributed by atoms with Crippen molar-refractivity contribution in [1.29, 1.82) is 0 Å². The highest BCUT2D eigenvalue weighted by Crippen LogP contribution is 2.26. The lowest BCUT2D eigenvalue weighted by atomic mass is 9.90. The normalized spacial score (nSPS) is 15.0. The van der Waals surface area contributed by atoms with Crippen LogP contribution < -0.4 is 0 Å². The van der Waals surface area contributed by atoms with Gasteiger partial charge in [0.1, 0.15) is 0 Å². The zero-order valence-corrected chi connectivity index (χ0v) is 13.1. The number of carbonyl (C=O) groups is 1. The minimum absolute atomic E-state index is 0.372. The fourth-order valence-corrected chi connectivity index (χ4v) is 3.14. The van der Waals surface area contributed by atoms with Crippen molar-refractivity contribution in [2.45, 2.75) is 78.1 Å². The van der Waals surface area contributed by atoms with Crippen LogP contribution in [0.2, 0.25) is 0 Å². The van der Waals surface area contributed by atoms with Crippen molar-refractivity contribution in [3.05, 3.63) is 34.4 Å². The van der Waals surface area contributed by atoms with E-state index in [4.69, 9.17) is 0 Å². The average Bonchev–Trinajstić information content (AvgIpc) is 2.64. The SMILES string of the molecule is CCCCc1cc2c(cc1CCCC)C(=O)CCCC2. The first kappa shape index (κ1) is 15.3. The van der Waals surface area contributed by atoms with Crippen LogP contribution in [0.1, 0.15) is 85.8 Å². The summed E-state index contributed by atoms with van der Waals surface area (Å²) < 4.78 is 0. The quantitative estimate of drug-likeness (QED) is 0.644. The molecule has 0 atom stereocenters. The standard InChI is InChI=1S/C19H28O/c1-3-5-9-15-13-17-11-7-8-12-19(20)18(17)14-16(15)10-6-4-2/h13-14H,3-12H2,1-2H3. The van der Waals surface area contributed by atoms with Gasteiger partial charge in [-0.15, -0.1) is 0 Å². The Hall–Kier alpha value is -1.11. The third-order valence-electron chi connectivity index (χ3n) is 4.43. The van der Waals surface area contributed by atoms with Crippen LogP contribution >= 0.6 is 0 Å². The van der Waals surface area contributed by atoms with E-state index < -0.39 is 0 Å². The van der Waals surface area contributed by atoms with Crippen molar-refractivity contribution in [2.24, 2.45) is 0 Å². The molecule has 1 aliphatic rings. The molecule has 1 heteroatoms. The molecule has 0 unspecified atom stereocenters. The third-order valence-corrected chi connectivity index (χ3v) is 4.43. The summed E-state index contributed by atoms with van der Waals surface area (Å²) in [7, 11) is 0. The summed E-state index contributed by atoms with van der Waals surface area (Å²) in [5.41, 5.74) is 5.30. The van der Waals surface area contributed by atoms with Crippen LogP contribution in [0.4, 0.5) is 0 Å². The Balaban J connectivity index is 2.33. The lowest BCUT2D eigenvalue weighted by Gasteiger charge is -2.14. The largest absolute Gasteiger partial charge is 0.294 e. The van der Waals surface area contributed by atoms with Crippen LogP contribution in [-0.2, 0) is 19.3 Å². The predicted molar refractivity (Wildman–Crippen MR) is 85.6 cm³/mol. The predicted octanol–water partition coefficient (Wildman–Crippen LogP) is 5.28. The van der Waals surface area contributed by atoms with E-state index >= 15 is 0 Å². The molecule has 1 aliphatic carbocycles. The summed E-state index contributed by atoms with van der Waals surface area (Å²) in [6.45, 7) is 4.49. The van der Waals surface area contributed by atoms with Crippen molar-refractivity contribution in [3.63, 3.8) is 0 Å². The van der Waals surface area contributed by atoms with Gasteiger partial charge in [0, 0.05) is 12.0 Å². The molecule has 110 valence electrons. The monoisotopic (exact) mass is 272 g/mol. The van der Waals surface area contributed by atoms with E-state index in [0.29, 0.717) is 5.78 Å². The maximum Gasteiger partial charge on any atom is 0.163 e. The zero-order chi connectivity index (χ0) is 14.4. The van der Waals surface area contributed by atoms with Crippen LogP contribution in [0.5, 0.6) is 0 Å². The smallest absolute Gasteiger partial charge is 0.163 e. The minimum Gasteiger partial charge on any atom is -0.294 e. The van der Waals surface area contributed by atoms with E-state index in [1.807, 2.05) is 0 Å². The Kier molecular flexibility index (Phi) is 5.82. The maximum atomic E-state index is 12.3. The number of carbonyl (C=O) groups excluding carboxylic acids is 1. The molecule has 1 nitrogen and oxygen atoms in total. The van der Waals surface area contributed by atoms with E-state index in [0.717, 1.165) is 31.2 Å². The molecule has 0 amide bonds. The topological polar surface area (TPSA) is 17.1 Å². The molecule has 0 saturated heterocycles. The minimum atomic E-state index is 0.372. The average molecular weight is 272 g/mol. The summed E-state index contributed by atoms with van der Waals surface area (Å²) in [5, 5.41) is 0. The summed E-state index contributed by atoms with van der Waals surface area (Å²) in [6.07, 6.45) is 11.3. The van der Waals surface area contributed by atoms with Gasteiger partial charge in [0.25, 0.3) is 0 Å². The number of hydrogen-bond acceptors (Lipinski definition) is 1. The molecule has 0 aliphatic heterocycles. The van der Waals surface area contributed by atoms with Gasteiger partial charge in [0.15, 0.2) is 5.78 Å². The molecule has 0 fully saturated rings. The van der Waals surface area contributed by atoms with Gasteiger partial charge >= 0.3 is 0 Å². The first-order chi connectivity index (χ1) is 9.76. The van der Waals surface area contributed by atoms with Crippen LogP contribution in [0.15, 0.2) is 12.1 Å². The fraction of sp³-hybridized carbons (Fsp3) is 0.632. The second-order valence-electron chi connectivity index (χ2n) is 6.12. The Morgan fingerprint density at radius 2 is 1.50 bits per heavy atom. The molecule has 0 aromatic heterocycles. The van der Waals surface area contributed by atoms with E-state index in [9.17, 15) is 4.79 Å². The molecule has 0 spiro atoms. The Bertz CT molecular complexity index is 459. The molecule has 0 bridgehead atoms. The first-order valence-electron chi connectivity index (χ1n) is 8.44. The molecule has 1 aromatic rings. The second kappa shape index (κ2) is 7.61. The van der Waals surface area contributed by atoms with Gasteiger partial charge in [-0.2, -0.15) is 0 Å². The highest BCUT2D eigenvalue weighted by molar-refractivity contribution is 5.98. The van der Waals surface area contributed by atoms with Crippen LogP contribution in [0, 0.1) is 0 Å². The van der Waals surface area contributed by atoms with Gasteiger partial charge in [0.05, 0.1) is 0 Å². The summed E-state index contributed by atoms with van der Waals surface area (Å²) >= 11 is 0. The number of unbranched alkanes of at least 4 members (excludes halogenated alkanes) is 2. The van der Waals surface area contributed by atoms with Gasteiger partial charge in [0.2, 0.25) is 0 Å². The molecule has 2 rings (SSSR count). The maximum absolute atomic E-state index is 12.3. The van der Waals surface area contributed by atoms with Crippen molar-refractivity contribution < 1.29 is 4.79 Å². The van der Waals surface area contributed by atoms with Crippen molar-refractivity contribution in [2.75, 3.05) is 0 Å². The number of Topliss-reactive ketones (excluding diaryl/α,β-unsaturated/α-hetero) is 1. The third kappa shape index (κ3) is 3.71. The number of fused-ring (bicyclic) bond motifs is 1. The second-order valence-corrected chi connectivity index (χ2v) is 6.12. The van der Waals surface area contributed by atoms with Crippen molar-refractivity contribution in [1.82, 2.24) is 0 Å². The van der Waals surface area contributed by atoms with Gasteiger partial charge in [-0.1, -0.05) is 32.8 Å². The van der Waals surface area contributed by atoms with Crippen molar-refractivity contribution >= 4 is 5.78 Å². The first-order valence-corrected chi connectivity index (χ1v) is 8.44. The Morgan fingerprint density at radius 1 is 0.900 bits per heavy atom. The summed E-state index contributed by atoms with van der Waals surface area (Å²) in [5.74, 6) is 0.372. The van der Waals surface area contributed by atoms with Crippen LogP contribution in [-0.4, -0.2) is 5.78 Å². The Labute approximate surface area is 123 Å². The van der Waals surface area contributed by atoms with Gasteiger partial charge in [-0.05, 0) is 67.7 Å². The fourth-order valence-electron chi connectivity index (χ4n) is 3.14. The molecule has 1 aromatic carbocycles. The van der Waals surface area contributed by atoms with Crippen LogP contribution in [0.25, 0.3) is 0 Å². The lowest BCUT2D eigenvalue weighted by molar-refractivity contribution is 0.0982. The van der Waals surface area contributed by atoms with Gasteiger partial charge in [-0.25, -0.2) is 0 Å². The van der Waals surface area contributed by atoms with E-state index in [1.165, 1.54) is 55.2 Å².